The van der Waals surface area contributed by atoms with Crippen molar-refractivity contribution in [2.45, 2.75) is 31.5 Å². The molecule has 7 heteroatoms. The molecule has 1 N–H and O–H groups in total. The number of carbonyl (C=O) groups excluding carboxylic acids is 1. The summed E-state index contributed by atoms with van der Waals surface area (Å²) < 4.78 is 11.2. The third kappa shape index (κ3) is 3.56. The fraction of sp³-hybridized carbons (Fsp3) is 0.263. The van der Waals surface area contributed by atoms with Gasteiger partial charge in [0.2, 0.25) is 5.89 Å². The Kier molecular flexibility index (Phi) is 4.61. The lowest BCUT2D eigenvalue weighted by Gasteiger charge is -2.11. The van der Waals surface area contributed by atoms with E-state index >= 15 is 0 Å². The van der Waals surface area contributed by atoms with E-state index in [1.165, 1.54) is 0 Å². The van der Waals surface area contributed by atoms with Crippen molar-refractivity contribution in [2.24, 2.45) is 0 Å². The zero-order valence-corrected chi connectivity index (χ0v) is 15.1. The maximum Gasteiger partial charge on any atom is 0.338 e. The summed E-state index contributed by atoms with van der Waals surface area (Å²) in [6, 6.07) is 9.99. The molecule has 1 aliphatic carbocycles. The Labute approximate surface area is 159 Å². The molecule has 0 radical (unpaired) electrons. The molecule has 0 amide bonds. The van der Waals surface area contributed by atoms with Crippen LogP contribution in [0.5, 0.6) is 0 Å². The molecule has 2 atom stereocenters. The van der Waals surface area contributed by atoms with Gasteiger partial charge in [-0.3, -0.25) is 0 Å². The summed E-state index contributed by atoms with van der Waals surface area (Å²) in [5.74, 6) is -0.0661. The number of aromatic nitrogens is 1. The number of nitrogens with zero attached hydrogens (tertiary/aromatic N) is 1. The van der Waals surface area contributed by atoms with Crippen LogP contribution >= 0.6 is 23.2 Å². The van der Waals surface area contributed by atoms with Crippen LogP contribution in [0, 0.1) is 0 Å². The number of carbonyl (C=O) groups is 1. The van der Waals surface area contributed by atoms with E-state index in [1.807, 2.05) is 0 Å². The number of esters is 1. The van der Waals surface area contributed by atoms with Gasteiger partial charge in [0, 0.05) is 22.0 Å². The minimum Gasteiger partial charge on any atom is -0.459 e. The average Bonchev–Trinajstić information content (AvgIpc) is 3.19. The van der Waals surface area contributed by atoms with Crippen LogP contribution in [0.15, 0.2) is 40.8 Å². The first-order chi connectivity index (χ1) is 12.5. The predicted molar refractivity (Wildman–Crippen MR) is 98.5 cm³/mol. The van der Waals surface area contributed by atoms with Crippen molar-refractivity contribution in [2.75, 3.05) is 0 Å². The van der Waals surface area contributed by atoms with E-state index in [0.717, 1.165) is 0 Å². The maximum atomic E-state index is 12.3. The van der Waals surface area contributed by atoms with Crippen molar-refractivity contribution in [1.29, 1.82) is 0 Å². The molecule has 0 saturated heterocycles. The van der Waals surface area contributed by atoms with Gasteiger partial charge >= 0.3 is 5.97 Å². The quantitative estimate of drug-likeness (QED) is 0.644. The molecule has 0 aliphatic heterocycles. The number of fused-ring (bicyclic) bond motifs is 1. The summed E-state index contributed by atoms with van der Waals surface area (Å²) in [5.41, 5.74) is 2.12. The second-order valence-electron chi connectivity index (χ2n) is 6.35. The van der Waals surface area contributed by atoms with Gasteiger partial charge in [-0.2, -0.15) is 0 Å². The van der Waals surface area contributed by atoms with E-state index in [9.17, 15) is 9.90 Å². The van der Waals surface area contributed by atoms with Crippen LogP contribution in [0.1, 0.15) is 29.6 Å². The van der Waals surface area contributed by atoms with E-state index in [1.54, 1.807) is 36.4 Å². The largest absolute Gasteiger partial charge is 0.459 e. The average molecular weight is 392 g/mol. The number of hydrogen-bond acceptors (Lipinski definition) is 5. The lowest BCUT2D eigenvalue weighted by Crippen LogP contribution is -2.16. The molecule has 0 bridgehead atoms. The van der Waals surface area contributed by atoms with Crippen molar-refractivity contribution >= 4 is 40.3 Å². The lowest BCUT2D eigenvalue weighted by molar-refractivity contribution is 0.0287. The molecule has 5 nitrogen and oxygen atoms in total. The van der Waals surface area contributed by atoms with E-state index in [2.05, 4.69) is 4.98 Å². The molecule has 1 heterocycles. The van der Waals surface area contributed by atoms with Gasteiger partial charge in [0.25, 0.3) is 0 Å². The number of aliphatic hydroxyl groups excluding tert-OH is 1. The standard InChI is InChI=1S/C19H15Cl2NO4/c20-12-5-11(6-13(21)8-12)18-22-16-4-1-10(7-17(16)26-18)19(24)25-15-3-2-14(23)9-15/h1,4-8,14-15,23H,2-3,9H2/t14-,15-/m1/s1. The van der Waals surface area contributed by atoms with E-state index in [-0.39, 0.29) is 6.10 Å². The van der Waals surface area contributed by atoms with Crippen LogP contribution < -0.4 is 0 Å². The Balaban J connectivity index is 1.60. The molecule has 0 unspecified atom stereocenters. The van der Waals surface area contributed by atoms with Gasteiger partial charge in [0.15, 0.2) is 5.58 Å². The maximum absolute atomic E-state index is 12.3. The molecule has 134 valence electrons. The summed E-state index contributed by atoms with van der Waals surface area (Å²) in [6.07, 6.45) is 1.18. The molecule has 1 aliphatic rings. The number of hydrogen-bond donors (Lipinski definition) is 1. The van der Waals surface area contributed by atoms with Gasteiger partial charge in [-0.25, -0.2) is 9.78 Å². The lowest BCUT2D eigenvalue weighted by atomic mass is 10.2. The first-order valence-electron chi connectivity index (χ1n) is 8.24. The Morgan fingerprint density at radius 3 is 2.62 bits per heavy atom. The van der Waals surface area contributed by atoms with Gasteiger partial charge in [-0.15, -0.1) is 0 Å². The third-order valence-electron chi connectivity index (χ3n) is 4.36. The van der Waals surface area contributed by atoms with Gasteiger partial charge in [-0.05, 0) is 49.2 Å². The van der Waals surface area contributed by atoms with E-state index in [4.69, 9.17) is 32.4 Å². The summed E-state index contributed by atoms with van der Waals surface area (Å²) in [7, 11) is 0. The van der Waals surface area contributed by atoms with Crippen LogP contribution in [-0.4, -0.2) is 28.3 Å². The van der Waals surface area contributed by atoms with Gasteiger partial charge in [0.1, 0.15) is 11.6 Å². The van der Waals surface area contributed by atoms with Gasteiger partial charge in [0.05, 0.1) is 11.7 Å². The van der Waals surface area contributed by atoms with Crippen LogP contribution in [-0.2, 0) is 4.74 Å². The molecule has 1 saturated carbocycles. The normalized spacial score (nSPS) is 19.8. The van der Waals surface area contributed by atoms with Crippen LogP contribution in [0.4, 0.5) is 0 Å². The molecule has 4 rings (SSSR count). The summed E-state index contributed by atoms with van der Waals surface area (Å²) in [4.78, 5) is 16.7. The molecule has 3 aromatic rings. The first-order valence-corrected chi connectivity index (χ1v) is 8.99. The Hall–Kier alpha value is -2.08. The smallest absolute Gasteiger partial charge is 0.338 e. The van der Waals surface area contributed by atoms with E-state index < -0.39 is 12.1 Å². The molecule has 2 aromatic carbocycles. The SMILES string of the molecule is O=C(O[C@@H]1CC[C@@H](O)C1)c1ccc2nc(-c3cc(Cl)cc(Cl)c3)oc2c1. The molecular weight excluding hydrogens is 377 g/mol. The number of rotatable bonds is 3. The zero-order chi connectivity index (χ0) is 18.3. The number of aliphatic hydroxyl groups is 1. The van der Waals surface area contributed by atoms with Gasteiger partial charge in [-0.1, -0.05) is 23.2 Å². The van der Waals surface area contributed by atoms with Crippen molar-refractivity contribution in [3.05, 3.63) is 52.0 Å². The topological polar surface area (TPSA) is 72.6 Å². The number of halogens is 2. The number of ether oxygens (including phenoxy) is 1. The Morgan fingerprint density at radius 1 is 1.15 bits per heavy atom. The molecule has 1 fully saturated rings. The van der Waals surface area contributed by atoms with Crippen molar-refractivity contribution in [3.8, 4) is 11.5 Å². The number of benzene rings is 2. The van der Waals surface area contributed by atoms with Gasteiger partial charge < -0.3 is 14.3 Å². The molecule has 26 heavy (non-hydrogen) atoms. The second-order valence-corrected chi connectivity index (χ2v) is 7.23. The third-order valence-corrected chi connectivity index (χ3v) is 4.80. The summed E-state index contributed by atoms with van der Waals surface area (Å²) in [6.45, 7) is 0. The van der Waals surface area contributed by atoms with Crippen molar-refractivity contribution in [1.82, 2.24) is 4.98 Å². The minimum atomic E-state index is -0.435. The molecule has 0 spiro atoms. The zero-order valence-electron chi connectivity index (χ0n) is 13.6. The molecular formula is C19H15Cl2NO4. The highest BCUT2D eigenvalue weighted by atomic mass is 35.5. The van der Waals surface area contributed by atoms with Crippen molar-refractivity contribution in [3.63, 3.8) is 0 Å². The first kappa shape index (κ1) is 17.3. The fourth-order valence-electron chi connectivity index (χ4n) is 3.10. The summed E-state index contributed by atoms with van der Waals surface area (Å²) in [5, 5.41) is 10.5. The van der Waals surface area contributed by atoms with Crippen LogP contribution in [0.3, 0.4) is 0 Å². The number of oxazole rings is 1. The predicted octanol–water partition coefficient (Wildman–Crippen LogP) is 4.87. The monoisotopic (exact) mass is 391 g/mol. The fourth-order valence-corrected chi connectivity index (χ4v) is 3.62. The Morgan fingerprint density at radius 2 is 1.92 bits per heavy atom. The van der Waals surface area contributed by atoms with Crippen LogP contribution in [0.25, 0.3) is 22.6 Å². The highest BCUT2D eigenvalue weighted by molar-refractivity contribution is 6.35. The van der Waals surface area contributed by atoms with Crippen molar-refractivity contribution < 1.29 is 19.1 Å². The minimum absolute atomic E-state index is 0.243. The molecule has 1 aromatic heterocycles. The Bertz CT molecular complexity index is 965. The highest BCUT2D eigenvalue weighted by Gasteiger charge is 2.26. The van der Waals surface area contributed by atoms with Crippen LogP contribution in [0.2, 0.25) is 10.0 Å². The summed E-state index contributed by atoms with van der Waals surface area (Å²) >= 11 is 12.0. The second kappa shape index (κ2) is 6.91. The highest BCUT2D eigenvalue weighted by Crippen LogP contribution is 2.30. The van der Waals surface area contributed by atoms with E-state index in [0.29, 0.717) is 57.4 Å².